The van der Waals surface area contributed by atoms with E-state index in [2.05, 4.69) is 10.6 Å². The quantitative estimate of drug-likeness (QED) is 0.531. The van der Waals surface area contributed by atoms with Crippen molar-refractivity contribution in [3.63, 3.8) is 0 Å². The molecule has 1 fully saturated rings. The van der Waals surface area contributed by atoms with Gasteiger partial charge in [0.2, 0.25) is 11.8 Å². The van der Waals surface area contributed by atoms with Gasteiger partial charge in [-0.2, -0.15) is 5.26 Å². The van der Waals surface area contributed by atoms with Gasteiger partial charge in [0.05, 0.1) is 5.57 Å². The second kappa shape index (κ2) is 3.38. The molecule has 19 heavy (non-hydrogen) atoms. The van der Waals surface area contributed by atoms with Gasteiger partial charge in [-0.05, 0) is 19.3 Å². The average Bonchev–Trinajstić information content (AvgIpc) is 2.75. The molecule has 0 radical (unpaired) electrons. The average molecular weight is 258 g/mol. The maximum atomic E-state index is 12.4. The van der Waals surface area contributed by atoms with Gasteiger partial charge in [-0.25, -0.2) is 0 Å². The number of nitriles is 1. The van der Waals surface area contributed by atoms with Gasteiger partial charge in [0.1, 0.15) is 11.9 Å². The summed E-state index contributed by atoms with van der Waals surface area (Å²) < 4.78 is 0. The van der Waals surface area contributed by atoms with Crippen LogP contribution in [0.3, 0.4) is 0 Å². The smallest absolute Gasteiger partial charge is 0.247 e. The summed E-state index contributed by atoms with van der Waals surface area (Å²) in [6.07, 6.45) is 4.35. The number of nitrogens with zero attached hydrogens (tertiary/aromatic N) is 1. The third kappa shape index (κ3) is 1.06. The summed E-state index contributed by atoms with van der Waals surface area (Å²) in [6.45, 7) is 1.85. The van der Waals surface area contributed by atoms with Crippen LogP contribution < -0.4 is 16.4 Å². The normalized spacial score (nSPS) is 36.7. The fourth-order valence-electron chi connectivity index (χ4n) is 3.59. The molecule has 98 valence electrons. The topological polar surface area (TPSA) is 108 Å². The highest BCUT2D eigenvalue weighted by Gasteiger charge is 2.70. The summed E-state index contributed by atoms with van der Waals surface area (Å²) in [6, 6.07) is 1.95. The van der Waals surface area contributed by atoms with Crippen LogP contribution in [0.15, 0.2) is 23.2 Å². The molecule has 0 aromatic carbocycles. The predicted octanol–water partition coefficient (Wildman–Crippen LogP) is 0.000380. The highest BCUT2D eigenvalue weighted by atomic mass is 16.2. The maximum absolute atomic E-state index is 12.4. The van der Waals surface area contributed by atoms with Crippen molar-refractivity contribution in [1.82, 2.24) is 10.6 Å². The van der Waals surface area contributed by atoms with Crippen molar-refractivity contribution >= 4 is 11.8 Å². The molecule has 0 unspecified atom stereocenters. The zero-order valence-electron chi connectivity index (χ0n) is 10.5. The summed E-state index contributed by atoms with van der Waals surface area (Å²) in [4.78, 5) is 24.8. The molecule has 1 aliphatic carbocycles. The number of rotatable bonds is 0. The van der Waals surface area contributed by atoms with Crippen molar-refractivity contribution in [3.05, 3.63) is 23.2 Å². The van der Waals surface area contributed by atoms with Crippen LogP contribution in [0.4, 0.5) is 0 Å². The Balaban J connectivity index is 2.32. The van der Waals surface area contributed by atoms with Crippen molar-refractivity contribution in [1.29, 1.82) is 5.26 Å². The van der Waals surface area contributed by atoms with Crippen molar-refractivity contribution in [2.24, 2.45) is 16.6 Å². The molecule has 4 N–H and O–H groups in total. The molecule has 0 bridgehead atoms. The standard InChI is InChI=1S/C13H14N4O2/c1-12-5-3-2-4-8(12)16-10(18)13(12)7(6-14)9(15)17-11(13)19/h4H,2-3,5,15H2,1H3,(H,16,18)(H,17,19)/t12-,13-/m0/s1. The Kier molecular flexibility index (Phi) is 2.10. The first kappa shape index (κ1) is 11.8. The second-order valence-electron chi connectivity index (χ2n) is 5.40. The van der Waals surface area contributed by atoms with Crippen LogP contribution in [0.2, 0.25) is 0 Å². The van der Waals surface area contributed by atoms with E-state index in [0.717, 1.165) is 18.5 Å². The molecule has 2 atom stereocenters. The van der Waals surface area contributed by atoms with Crippen molar-refractivity contribution in [2.75, 3.05) is 0 Å². The highest BCUT2D eigenvalue weighted by molar-refractivity contribution is 6.15. The van der Waals surface area contributed by atoms with Crippen LogP contribution in [-0.4, -0.2) is 11.8 Å². The van der Waals surface area contributed by atoms with E-state index in [1.54, 1.807) is 0 Å². The van der Waals surface area contributed by atoms with E-state index >= 15 is 0 Å². The summed E-state index contributed by atoms with van der Waals surface area (Å²) in [5, 5.41) is 14.5. The lowest BCUT2D eigenvalue weighted by Gasteiger charge is -2.38. The van der Waals surface area contributed by atoms with E-state index in [4.69, 9.17) is 5.73 Å². The molecular formula is C13H14N4O2. The molecular weight excluding hydrogens is 244 g/mol. The Labute approximate surface area is 110 Å². The van der Waals surface area contributed by atoms with Gasteiger partial charge in [-0.1, -0.05) is 13.0 Å². The van der Waals surface area contributed by atoms with E-state index in [9.17, 15) is 14.9 Å². The number of hydrogen-bond acceptors (Lipinski definition) is 4. The monoisotopic (exact) mass is 258 g/mol. The molecule has 3 aliphatic rings. The lowest BCUT2D eigenvalue weighted by molar-refractivity contribution is -0.141. The molecule has 1 saturated heterocycles. The SMILES string of the molecule is C[C@]12CCCC=C1NC(=O)[C@@]21C(=O)NC(N)=C1C#N. The van der Waals surface area contributed by atoms with Gasteiger partial charge in [-0.3, -0.25) is 9.59 Å². The van der Waals surface area contributed by atoms with Gasteiger partial charge in [0.15, 0.2) is 5.41 Å². The molecule has 2 amide bonds. The molecule has 6 heteroatoms. The first-order valence-electron chi connectivity index (χ1n) is 6.22. The number of carbonyl (C=O) groups excluding carboxylic acids is 2. The van der Waals surface area contributed by atoms with Gasteiger partial charge < -0.3 is 16.4 Å². The Bertz CT molecular complexity index is 613. The van der Waals surface area contributed by atoms with Crippen LogP contribution in [0.25, 0.3) is 0 Å². The fraction of sp³-hybridized carbons (Fsp3) is 0.462. The largest absolute Gasteiger partial charge is 0.384 e. The third-order valence-electron chi connectivity index (χ3n) is 4.59. The number of nitrogens with one attached hydrogen (secondary N) is 2. The Morgan fingerprint density at radius 3 is 2.74 bits per heavy atom. The Morgan fingerprint density at radius 1 is 1.37 bits per heavy atom. The molecule has 0 aromatic heterocycles. The summed E-state index contributed by atoms with van der Waals surface area (Å²) in [5.74, 6) is -0.944. The molecule has 0 aromatic rings. The lowest BCUT2D eigenvalue weighted by atomic mass is 9.58. The minimum Gasteiger partial charge on any atom is -0.384 e. The minimum atomic E-state index is -1.50. The maximum Gasteiger partial charge on any atom is 0.247 e. The number of hydrogen-bond donors (Lipinski definition) is 3. The van der Waals surface area contributed by atoms with Crippen LogP contribution in [-0.2, 0) is 9.59 Å². The van der Waals surface area contributed by atoms with Crippen LogP contribution in [0, 0.1) is 22.2 Å². The molecule has 2 heterocycles. The van der Waals surface area contributed by atoms with E-state index in [1.807, 2.05) is 19.1 Å². The first-order chi connectivity index (χ1) is 8.98. The van der Waals surface area contributed by atoms with Crippen molar-refractivity contribution in [3.8, 4) is 6.07 Å². The first-order valence-corrected chi connectivity index (χ1v) is 6.22. The van der Waals surface area contributed by atoms with Crippen molar-refractivity contribution in [2.45, 2.75) is 26.2 Å². The molecule has 0 saturated carbocycles. The Morgan fingerprint density at radius 2 is 2.05 bits per heavy atom. The lowest BCUT2D eigenvalue weighted by Crippen LogP contribution is -2.49. The van der Waals surface area contributed by atoms with Gasteiger partial charge in [-0.15, -0.1) is 0 Å². The number of amides is 2. The summed E-state index contributed by atoms with van der Waals surface area (Å²) in [5.41, 5.74) is 4.27. The van der Waals surface area contributed by atoms with Gasteiger partial charge >= 0.3 is 0 Å². The van der Waals surface area contributed by atoms with Crippen LogP contribution in [0.5, 0.6) is 0 Å². The molecule has 6 nitrogen and oxygen atoms in total. The van der Waals surface area contributed by atoms with E-state index in [1.165, 1.54) is 0 Å². The van der Waals surface area contributed by atoms with E-state index in [0.29, 0.717) is 6.42 Å². The predicted molar refractivity (Wildman–Crippen MR) is 65.6 cm³/mol. The zero-order valence-corrected chi connectivity index (χ0v) is 10.5. The number of carbonyl (C=O) groups is 2. The van der Waals surface area contributed by atoms with Crippen molar-refractivity contribution < 1.29 is 9.59 Å². The van der Waals surface area contributed by atoms with Crippen LogP contribution in [0.1, 0.15) is 26.2 Å². The number of fused-ring (bicyclic) bond motifs is 2. The zero-order chi connectivity index (χ0) is 13.8. The third-order valence-corrected chi connectivity index (χ3v) is 4.59. The summed E-state index contributed by atoms with van der Waals surface area (Å²) >= 11 is 0. The van der Waals surface area contributed by atoms with Gasteiger partial charge in [0.25, 0.3) is 0 Å². The van der Waals surface area contributed by atoms with E-state index < -0.39 is 22.6 Å². The molecule has 2 aliphatic heterocycles. The summed E-state index contributed by atoms with van der Waals surface area (Å²) in [7, 11) is 0. The molecule has 3 rings (SSSR count). The highest BCUT2D eigenvalue weighted by Crippen LogP contribution is 2.59. The number of allylic oxidation sites excluding steroid dienone is 2. The second-order valence-corrected chi connectivity index (χ2v) is 5.40. The molecule has 1 spiro atoms. The van der Waals surface area contributed by atoms with Crippen LogP contribution >= 0.6 is 0 Å². The Hall–Kier alpha value is -2.29. The fourth-order valence-corrected chi connectivity index (χ4v) is 3.59. The number of nitrogens with two attached hydrogens (primary N) is 1. The van der Waals surface area contributed by atoms with E-state index in [-0.39, 0.29) is 11.4 Å². The minimum absolute atomic E-state index is 0.00398. The van der Waals surface area contributed by atoms with Gasteiger partial charge in [0, 0.05) is 11.1 Å².